The van der Waals surface area contributed by atoms with Crippen molar-refractivity contribution in [1.29, 1.82) is 0 Å². The lowest BCUT2D eigenvalue weighted by Gasteiger charge is -2.19. The number of hydrogen-bond acceptors (Lipinski definition) is 3. The van der Waals surface area contributed by atoms with Gasteiger partial charge in [-0.15, -0.1) is 0 Å². The van der Waals surface area contributed by atoms with E-state index in [-0.39, 0.29) is 18.6 Å². The maximum atomic E-state index is 12.1. The molecule has 1 heterocycles. The monoisotopic (exact) mass is 245 g/mol. The lowest BCUT2D eigenvalue weighted by Crippen LogP contribution is -2.34. The number of ether oxygens (including phenoxy) is 1. The lowest BCUT2D eigenvalue weighted by atomic mass is 10.1. The van der Waals surface area contributed by atoms with E-state index in [0.29, 0.717) is 12.3 Å². The van der Waals surface area contributed by atoms with Crippen LogP contribution in [0.3, 0.4) is 0 Å². The van der Waals surface area contributed by atoms with Gasteiger partial charge in [0.25, 0.3) is 0 Å². The summed E-state index contributed by atoms with van der Waals surface area (Å²) < 4.78 is 5.02. The van der Waals surface area contributed by atoms with Crippen molar-refractivity contribution in [2.45, 2.75) is 25.3 Å². The van der Waals surface area contributed by atoms with Crippen molar-refractivity contribution >= 4 is 12.0 Å². The van der Waals surface area contributed by atoms with Gasteiger partial charge < -0.3 is 4.74 Å². The number of carbonyl (C=O) groups excluding carboxylic acids is 2. The van der Waals surface area contributed by atoms with Crippen LogP contribution in [0.4, 0.5) is 4.79 Å². The van der Waals surface area contributed by atoms with Crippen LogP contribution in [0.25, 0.3) is 0 Å². The van der Waals surface area contributed by atoms with Gasteiger partial charge in [0.2, 0.25) is 5.91 Å². The van der Waals surface area contributed by atoms with E-state index in [1.807, 2.05) is 30.3 Å². The van der Waals surface area contributed by atoms with E-state index in [4.69, 9.17) is 4.74 Å². The molecule has 94 valence electrons. The third-order valence-electron chi connectivity index (χ3n) is 3.49. The minimum absolute atomic E-state index is 0.103. The average Bonchev–Trinajstić information content (AvgIpc) is 3.10. The van der Waals surface area contributed by atoms with Crippen LogP contribution in [0.15, 0.2) is 30.3 Å². The molecule has 1 saturated heterocycles. The lowest BCUT2D eigenvalue weighted by molar-refractivity contribution is -0.129. The Morgan fingerprint density at radius 3 is 2.67 bits per heavy atom. The van der Waals surface area contributed by atoms with Crippen molar-refractivity contribution in [1.82, 2.24) is 4.90 Å². The molecule has 4 heteroatoms. The largest absolute Gasteiger partial charge is 0.446 e. The van der Waals surface area contributed by atoms with Crippen LogP contribution in [-0.4, -0.2) is 23.5 Å². The van der Waals surface area contributed by atoms with E-state index in [2.05, 4.69) is 0 Å². The second-order valence-electron chi connectivity index (χ2n) is 4.91. The summed E-state index contributed by atoms with van der Waals surface area (Å²) >= 11 is 0. The molecule has 1 saturated carbocycles. The van der Waals surface area contributed by atoms with Crippen molar-refractivity contribution in [3.05, 3.63) is 35.9 Å². The van der Waals surface area contributed by atoms with Gasteiger partial charge in [-0.25, -0.2) is 9.69 Å². The van der Waals surface area contributed by atoms with Crippen molar-refractivity contribution in [2.24, 2.45) is 5.92 Å². The fourth-order valence-electron chi connectivity index (χ4n) is 2.28. The number of hydrogen-bond donors (Lipinski definition) is 0. The highest BCUT2D eigenvalue weighted by Crippen LogP contribution is 2.35. The summed E-state index contributed by atoms with van der Waals surface area (Å²) in [6.07, 6.45) is 2.17. The summed E-state index contributed by atoms with van der Waals surface area (Å²) in [5.74, 6) is 0.371. The highest BCUT2D eigenvalue weighted by atomic mass is 16.6. The summed E-state index contributed by atoms with van der Waals surface area (Å²) in [7, 11) is 0. The molecule has 4 nitrogen and oxygen atoms in total. The Labute approximate surface area is 106 Å². The minimum atomic E-state index is -0.505. The van der Waals surface area contributed by atoms with Crippen LogP contribution in [-0.2, 0) is 9.53 Å². The van der Waals surface area contributed by atoms with Crippen LogP contribution >= 0.6 is 0 Å². The molecule has 0 spiro atoms. The molecule has 1 aromatic carbocycles. The van der Waals surface area contributed by atoms with Crippen molar-refractivity contribution in [2.75, 3.05) is 6.61 Å². The summed E-state index contributed by atoms with van der Waals surface area (Å²) in [4.78, 5) is 25.1. The van der Waals surface area contributed by atoms with Gasteiger partial charge in [0.1, 0.15) is 12.6 Å². The molecule has 1 aromatic rings. The van der Waals surface area contributed by atoms with Gasteiger partial charge in [-0.1, -0.05) is 30.3 Å². The average molecular weight is 245 g/mol. The van der Waals surface area contributed by atoms with Gasteiger partial charge >= 0.3 is 6.09 Å². The zero-order chi connectivity index (χ0) is 12.5. The van der Waals surface area contributed by atoms with E-state index in [9.17, 15) is 9.59 Å². The van der Waals surface area contributed by atoms with Crippen molar-refractivity contribution in [3.8, 4) is 0 Å². The van der Waals surface area contributed by atoms with Gasteiger partial charge in [-0.3, -0.25) is 4.79 Å². The normalized spacial score (nSPS) is 23.0. The highest BCUT2D eigenvalue weighted by Gasteiger charge is 2.40. The first kappa shape index (κ1) is 11.3. The molecule has 18 heavy (non-hydrogen) atoms. The van der Waals surface area contributed by atoms with Gasteiger partial charge in [0, 0.05) is 6.42 Å². The fraction of sp³-hybridized carbons (Fsp3) is 0.429. The first-order chi connectivity index (χ1) is 8.75. The van der Waals surface area contributed by atoms with Gasteiger partial charge in [0.05, 0.1) is 0 Å². The molecule has 1 aliphatic carbocycles. The number of cyclic esters (lactones) is 1. The molecule has 0 radical (unpaired) electrons. The van der Waals surface area contributed by atoms with Crippen LogP contribution in [0.1, 0.15) is 30.9 Å². The molecular formula is C14H15NO3. The number of benzene rings is 1. The zero-order valence-corrected chi connectivity index (χ0v) is 10.0. The standard InChI is InChI=1S/C14H15NO3/c16-13(8-10-6-7-10)15-12(9-18-14(15)17)11-4-2-1-3-5-11/h1-5,10,12H,6-9H2. The molecule has 3 rings (SSSR count). The topological polar surface area (TPSA) is 46.6 Å². The van der Waals surface area contributed by atoms with E-state index >= 15 is 0 Å². The zero-order valence-electron chi connectivity index (χ0n) is 10.0. The van der Waals surface area contributed by atoms with Crippen LogP contribution < -0.4 is 0 Å². The van der Waals surface area contributed by atoms with Gasteiger partial charge in [-0.2, -0.15) is 0 Å². The Hall–Kier alpha value is -1.84. The maximum absolute atomic E-state index is 12.1. The molecular weight excluding hydrogens is 230 g/mol. The fourth-order valence-corrected chi connectivity index (χ4v) is 2.28. The summed E-state index contributed by atoms with van der Waals surface area (Å²) in [5, 5.41) is 0. The Morgan fingerprint density at radius 1 is 1.28 bits per heavy atom. The van der Waals surface area contributed by atoms with Crippen LogP contribution in [0.5, 0.6) is 0 Å². The maximum Gasteiger partial charge on any atom is 0.417 e. The Balaban J connectivity index is 1.80. The Morgan fingerprint density at radius 2 is 2.00 bits per heavy atom. The van der Waals surface area contributed by atoms with Gasteiger partial charge in [-0.05, 0) is 24.3 Å². The van der Waals surface area contributed by atoms with Crippen LogP contribution in [0, 0.1) is 5.92 Å². The first-order valence-electron chi connectivity index (χ1n) is 6.29. The summed E-state index contributed by atoms with van der Waals surface area (Å²) in [6.45, 7) is 0.263. The minimum Gasteiger partial charge on any atom is -0.446 e. The highest BCUT2D eigenvalue weighted by molar-refractivity contribution is 5.93. The summed E-state index contributed by atoms with van der Waals surface area (Å²) in [6, 6.07) is 9.31. The third kappa shape index (κ3) is 2.10. The molecule has 0 aromatic heterocycles. The predicted octanol–water partition coefficient (Wildman–Crippen LogP) is 2.51. The molecule has 1 atom stereocenters. The van der Waals surface area contributed by atoms with Crippen LogP contribution in [0.2, 0.25) is 0 Å². The third-order valence-corrected chi connectivity index (χ3v) is 3.49. The number of imide groups is 1. The van der Waals surface area contributed by atoms with Crippen molar-refractivity contribution in [3.63, 3.8) is 0 Å². The quantitative estimate of drug-likeness (QED) is 0.822. The summed E-state index contributed by atoms with van der Waals surface area (Å²) in [5.41, 5.74) is 0.951. The second kappa shape index (κ2) is 4.44. The molecule has 2 amide bonds. The van der Waals surface area contributed by atoms with E-state index in [1.165, 1.54) is 4.90 Å². The first-order valence-corrected chi connectivity index (χ1v) is 6.29. The number of carbonyl (C=O) groups is 2. The molecule has 0 N–H and O–H groups in total. The van der Waals surface area contributed by atoms with E-state index in [0.717, 1.165) is 18.4 Å². The second-order valence-corrected chi connectivity index (χ2v) is 4.91. The number of rotatable bonds is 3. The van der Waals surface area contributed by atoms with Gasteiger partial charge in [0.15, 0.2) is 0 Å². The van der Waals surface area contributed by atoms with E-state index in [1.54, 1.807) is 0 Å². The number of nitrogens with zero attached hydrogens (tertiary/aromatic N) is 1. The predicted molar refractivity (Wildman–Crippen MR) is 64.7 cm³/mol. The number of amides is 2. The van der Waals surface area contributed by atoms with E-state index < -0.39 is 6.09 Å². The molecule has 1 aliphatic heterocycles. The Bertz CT molecular complexity index is 467. The van der Waals surface area contributed by atoms with Crippen molar-refractivity contribution < 1.29 is 14.3 Å². The Kier molecular flexibility index (Phi) is 2.78. The molecule has 2 fully saturated rings. The smallest absolute Gasteiger partial charge is 0.417 e. The SMILES string of the molecule is O=C(CC1CC1)N1C(=O)OCC1c1ccccc1. The molecule has 1 unspecified atom stereocenters. The molecule has 0 bridgehead atoms. The molecule has 2 aliphatic rings.